The van der Waals surface area contributed by atoms with Crippen LogP contribution in [0.4, 0.5) is 0 Å². The second-order valence-corrected chi connectivity index (χ2v) is 11.9. The Balaban J connectivity index is 0.00000274. The molecule has 0 saturated carbocycles. The van der Waals surface area contributed by atoms with Crippen molar-refractivity contribution in [3.63, 3.8) is 0 Å². The molecule has 0 atom stereocenters. The standard InChI is InChI=1S/C26H23ClO8S3.C2H6/c1-3-5-20(6-4-15-36-25-16-19(27)8-7-18(25)2)35-24-14-11-22(17-26(24)38(31,32)33)34-21-9-12-23(13-10-21)37(28,29)30;1-2/h3-17H,1-2H3,(H,28,29,30)(H,31,32,33);1-2H3/b5-3-,15-4+,20-6+;. The number of hydrogen-bond acceptors (Lipinski definition) is 7. The van der Waals surface area contributed by atoms with Crippen molar-refractivity contribution >= 4 is 43.6 Å². The number of ether oxygens (including phenoxy) is 2. The molecule has 8 nitrogen and oxygen atoms in total. The van der Waals surface area contributed by atoms with Gasteiger partial charge in [-0.05, 0) is 85.5 Å². The quantitative estimate of drug-likeness (QED) is 0.0994. The Bertz CT molecular complexity index is 1610. The van der Waals surface area contributed by atoms with Crippen molar-refractivity contribution in [3.8, 4) is 17.2 Å². The number of allylic oxidation sites excluding steroid dienone is 4. The molecule has 0 saturated heterocycles. The van der Waals surface area contributed by atoms with Gasteiger partial charge >= 0.3 is 0 Å². The molecule has 0 radical (unpaired) electrons. The van der Waals surface area contributed by atoms with Gasteiger partial charge in [0.15, 0.2) is 0 Å². The molecule has 3 aromatic carbocycles. The topological polar surface area (TPSA) is 127 Å². The van der Waals surface area contributed by atoms with Gasteiger partial charge in [0.2, 0.25) is 0 Å². The van der Waals surface area contributed by atoms with Crippen LogP contribution in [0.15, 0.2) is 111 Å². The lowest BCUT2D eigenvalue weighted by atomic mass is 10.2. The van der Waals surface area contributed by atoms with Gasteiger partial charge in [0.1, 0.15) is 27.9 Å². The molecule has 0 spiro atoms. The summed E-state index contributed by atoms with van der Waals surface area (Å²) in [6.07, 6.45) is 6.67. The van der Waals surface area contributed by atoms with Gasteiger partial charge in [-0.25, -0.2) is 0 Å². The van der Waals surface area contributed by atoms with Crippen LogP contribution in [-0.4, -0.2) is 25.9 Å². The smallest absolute Gasteiger partial charge is 0.298 e. The fourth-order valence-electron chi connectivity index (χ4n) is 3.02. The lowest BCUT2D eigenvalue weighted by molar-refractivity contribution is 0.418. The van der Waals surface area contributed by atoms with Crippen LogP contribution in [0, 0.1) is 6.92 Å². The Morgan fingerprint density at radius 1 is 0.900 bits per heavy atom. The first-order valence-electron chi connectivity index (χ1n) is 11.8. The highest BCUT2D eigenvalue weighted by molar-refractivity contribution is 8.02. The van der Waals surface area contributed by atoms with Crippen LogP contribution in [0.25, 0.3) is 0 Å². The Hall–Kier alpha value is -3.06. The minimum atomic E-state index is -4.71. The number of thioether (sulfide) groups is 1. The van der Waals surface area contributed by atoms with Crippen molar-refractivity contribution < 1.29 is 35.4 Å². The minimum absolute atomic E-state index is 0.0364. The maximum absolute atomic E-state index is 12.1. The Morgan fingerprint density at radius 2 is 1.55 bits per heavy atom. The van der Waals surface area contributed by atoms with Gasteiger partial charge in [-0.2, -0.15) is 16.8 Å². The molecule has 3 rings (SSSR count). The number of rotatable bonds is 10. The summed E-state index contributed by atoms with van der Waals surface area (Å²) in [6, 6.07) is 14.2. The highest BCUT2D eigenvalue weighted by atomic mass is 35.5. The van der Waals surface area contributed by atoms with E-state index >= 15 is 0 Å². The van der Waals surface area contributed by atoms with Crippen molar-refractivity contribution in [2.45, 2.75) is 42.4 Å². The fraction of sp³-hybridized carbons (Fsp3) is 0.143. The van der Waals surface area contributed by atoms with Crippen LogP contribution < -0.4 is 9.47 Å². The summed E-state index contributed by atoms with van der Waals surface area (Å²) < 4.78 is 76.8. The van der Waals surface area contributed by atoms with Crippen molar-refractivity contribution in [1.82, 2.24) is 0 Å². The predicted octanol–water partition coefficient (Wildman–Crippen LogP) is 8.11. The van der Waals surface area contributed by atoms with E-state index in [1.54, 1.807) is 31.2 Å². The van der Waals surface area contributed by atoms with Crippen molar-refractivity contribution in [1.29, 1.82) is 0 Å². The maximum atomic E-state index is 12.1. The number of aryl methyl sites for hydroxylation is 1. The Labute approximate surface area is 244 Å². The van der Waals surface area contributed by atoms with E-state index in [9.17, 15) is 21.4 Å². The van der Waals surface area contributed by atoms with Crippen LogP contribution in [-0.2, 0) is 20.2 Å². The van der Waals surface area contributed by atoms with E-state index in [2.05, 4.69) is 0 Å². The minimum Gasteiger partial charge on any atom is -0.457 e. The molecule has 12 heteroatoms. The molecule has 2 N–H and O–H groups in total. The summed E-state index contributed by atoms with van der Waals surface area (Å²) in [5.41, 5.74) is 1.06. The molecule has 0 aliphatic rings. The predicted molar refractivity (Wildman–Crippen MR) is 159 cm³/mol. The van der Waals surface area contributed by atoms with E-state index in [0.29, 0.717) is 10.8 Å². The summed E-state index contributed by atoms with van der Waals surface area (Å²) in [6.45, 7) is 7.73. The number of benzene rings is 3. The van der Waals surface area contributed by atoms with Gasteiger partial charge < -0.3 is 9.47 Å². The second-order valence-electron chi connectivity index (χ2n) is 7.66. The van der Waals surface area contributed by atoms with Crippen molar-refractivity contribution in [2.24, 2.45) is 0 Å². The molecule has 214 valence electrons. The molecule has 0 aromatic heterocycles. The molecule has 0 aliphatic heterocycles. The highest BCUT2D eigenvalue weighted by Crippen LogP contribution is 2.33. The van der Waals surface area contributed by atoms with Gasteiger partial charge in [-0.15, -0.1) is 0 Å². The van der Waals surface area contributed by atoms with Gasteiger partial charge in [0.05, 0.1) is 4.90 Å². The summed E-state index contributed by atoms with van der Waals surface area (Å²) in [5, 5.41) is 2.44. The van der Waals surface area contributed by atoms with E-state index in [1.165, 1.54) is 36.0 Å². The van der Waals surface area contributed by atoms with Gasteiger partial charge in [-0.3, -0.25) is 9.11 Å². The zero-order valence-corrected chi connectivity index (χ0v) is 25.3. The van der Waals surface area contributed by atoms with Crippen LogP contribution in [0.3, 0.4) is 0 Å². The average molecular weight is 625 g/mol. The Kier molecular flexibility index (Phi) is 12.5. The lowest BCUT2D eigenvalue weighted by Crippen LogP contribution is -2.04. The molecule has 0 heterocycles. The van der Waals surface area contributed by atoms with Crippen LogP contribution in [0.2, 0.25) is 5.02 Å². The number of hydrogen-bond donors (Lipinski definition) is 2. The van der Waals surface area contributed by atoms with Gasteiger partial charge in [0, 0.05) is 16.0 Å². The average Bonchev–Trinajstić information content (AvgIpc) is 2.89. The van der Waals surface area contributed by atoms with Crippen LogP contribution in [0.1, 0.15) is 26.3 Å². The third-order valence-electron chi connectivity index (χ3n) is 4.79. The monoisotopic (exact) mass is 624 g/mol. The summed E-state index contributed by atoms with van der Waals surface area (Å²) >= 11 is 7.51. The molecule has 0 amide bonds. The third kappa shape index (κ3) is 10.2. The SMILES string of the molecule is CC.C\C=C/C(=C\C=C\Sc1cc(Cl)ccc1C)Oc1ccc(Oc2ccc(S(=O)(=O)O)cc2)cc1S(=O)(=O)O. The fourth-order valence-corrected chi connectivity index (χ4v) is 5.11. The molecular formula is C28H29ClO8S3. The van der Waals surface area contributed by atoms with E-state index in [-0.39, 0.29) is 22.1 Å². The number of halogens is 1. The zero-order valence-electron chi connectivity index (χ0n) is 22.1. The highest BCUT2D eigenvalue weighted by Gasteiger charge is 2.19. The molecule has 40 heavy (non-hydrogen) atoms. The van der Waals surface area contributed by atoms with E-state index in [0.717, 1.165) is 28.7 Å². The first-order valence-corrected chi connectivity index (χ1v) is 16.0. The van der Waals surface area contributed by atoms with Crippen LogP contribution >= 0.6 is 23.4 Å². The molecule has 3 aromatic rings. The summed E-state index contributed by atoms with van der Waals surface area (Å²) in [7, 11) is -9.08. The molecule has 0 aliphatic carbocycles. The molecule has 0 bridgehead atoms. The third-order valence-corrected chi connectivity index (χ3v) is 7.76. The normalized spacial score (nSPS) is 12.3. The van der Waals surface area contributed by atoms with E-state index < -0.39 is 25.1 Å². The second kappa shape index (κ2) is 15.1. The summed E-state index contributed by atoms with van der Waals surface area (Å²) in [4.78, 5) is 0.117. The van der Waals surface area contributed by atoms with Crippen molar-refractivity contribution in [2.75, 3.05) is 0 Å². The largest absolute Gasteiger partial charge is 0.457 e. The molecule has 0 unspecified atom stereocenters. The van der Waals surface area contributed by atoms with Gasteiger partial charge in [-0.1, -0.05) is 55.4 Å². The van der Waals surface area contributed by atoms with E-state index in [1.807, 2.05) is 44.4 Å². The lowest BCUT2D eigenvalue weighted by Gasteiger charge is -2.12. The van der Waals surface area contributed by atoms with Crippen molar-refractivity contribution in [3.05, 3.63) is 107 Å². The maximum Gasteiger partial charge on any atom is 0.298 e. The molecular weight excluding hydrogens is 596 g/mol. The molecule has 0 fully saturated rings. The first kappa shape index (κ1) is 33.1. The Morgan fingerprint density at radius 3 is 2.15 bits per heavy atom. The van der Waals surface area contributed by atoms with Gasteiger partial charge in [0.25, 0.3) is 20.2 Å². The van der Waals surface area contributed by atoms with E-state index in [4.69, 9.17) is 25.6 Å². The zero-order chi connectivity index (χ0) is 29.9. The summed E-state index contributed by atoms with van der Waals surface area (Å²) in [5.74, 6) is 0.359. The first-order chi connectivity index (χ1) is 18.9. The van der Waals surface area contributed by atoms with Crippen LogP contribution in [0.5, 0.6) is 17.2 Å².